The van der Waals surface area contributed by atoms with Crippen molar-refractivity contribution in [2.75, 3.05) is 13.1 Å². The van der Waals surface area contributed by atoms with Gasteiger partial charge < -0.3 is 9.64 Å². The first kappa shape index (κ1) is 16.9. The number of hydrogen-bond acceptors (Lipinski definition) is 2. The molecular weight excluding hydrogens is 317 g/mol. The molecule has 0 radical (unpaired) electrons. The fourth-order valence-corrected chi connectivity index (χ4v) is 4.98. The van der Waals surface area contributed by atoms with Gasteiger partial charge in [0, 0.05) is 19.4 Å². The molecule has 25 heavy (non-hydrogen) atoms. The molecule has 5 rings (SSSR count). The number of nitrogens with zero attached hydrogens (tertiary/aromatic N) is 1. The number of benzene rings is 1. The van der Waals surface area contributed by atoms with Crippen LogP contribution in [-0.2, 0) is 4.79 Å². The third-order valence-corrected chi connectivity index (χ3v) is 6.22. The Labute approximate surface area is 149 Å². The number of likely N-dealkylation sites (tertiary alicyclic amines) is 1. The Kier molecular flexibility index (Phi) is 4.47. The predicted octanol–water partition coefficient (Wildman–Crippen LogP) is 4.51. The molecule has 4 fully saturated rings. The molecule has 1 aromatic rings. The van der Waals surface area contributed by atoms with Gasteiger partial charge in [0.25, 0.3) is 0 Å². The molecule has 1 unspecified atom stereocenters. The lowest BCUT2D eigenvalue weighted by Gasteiger charge is -2.66. The highest BCUT2D eigenvalue weighted by Crippen LogP contribution is 2.71. The van der Waals surface area contributed by atoms with E-state index < -0.39 is 5.67 Å². The van der Waals surface area contributed by atoms with Crippen molar-refractivity contribution in [1.29, 1.82) is 0 Å². The summed E-state index contributed by atoms with van der Waals surface area (Å²) < 4.78 is 19.4. The molecule has 3 aliphatic carbocycles. The zero-order chi connectivity index (χ0) is 17.3. The lowest BCUT2D eigenvalue weighted by atomic mass is 9.41. The minimum Gasteiger partial charge on any atom is -0.489 e. The van der Waals surface area contributed by atoms with Gasteiger partial charge in [-0.1, -0.05) is 31.0 Å². The Bertz CT molecular complexity index is 598. The van der Waals surface area contributed by atoms with Crippen LogP contribution in [0.15, 0.2) is 30.3 Å². The number of carbonyl (C=O) groups excluding carboxylic acids is 1. The van der Waals surface area contributed by atoms with Crippen molar-refractivity contribution < 1.29 is 13.9 Å². The molecule has 136 valence electrons. The SMILES string of the molecule is O=C(CCCCCC12CC(F)(C1)C2)N1CCC(Oc2ccccc2)C1. The van der Waals surface area contributed by atoms with Crippen LogP contribution in [0.2, 0.25) is 0 Å². The number of rotatable bonds is 8. The van der Waals surface area contributed by atoms with Gasteiger partial charge in [-0.15, -0.1) is 0 Å². The van der Waals surface area contributed by atoms with E-state index in [0.717, 1.165) is 63.7 Å². The minimum atomic E-state index is -0.774. The molecule has 4 aliphatic rings. The summed E-state index contributed by atoms with van der Waals surface area (Å²) in [6.07, 6.45) is 8.41. The minimum absolute atomic E-state index is 0.114. The highest BCUT2D eigenvalue weighted by molar-refractivity contribution is 5.76. The first-order valence-electron chi connectivity index (χ1n) is 9.74. The van der Waals surface area contributed by atoms with Crippen LogP contribution in [0, 0.1) is 5.41 Å². The van der Waals surface area contributed by atoms with Crippen molar-refractivity contribution in [3.05, 3.63) is 30.3 Å². The van der Waals surface area contributed by atoms with E-state index in [0.29, 0.717) is 18.4 Å². The van der Waals surface area contributed by atoms with Crippen molar-refractivity contribution >= 4 is 5.91 Å². The Morgan fingerprint density at radius 1 is 1.16 bits per heavy atom. The Morgan fingerprint density at radius 3 is 2.64 bits per heavy atom. The summed E-state index contributed by atoms with van der Waals surface area (Å²) >= 11 is 0. The molecule has 0 aromatic heterocycles. The van der Waals surface area contributed by atoms with Gasteiger partial charge in [0.2, 0.25) is 5.91 Å². The van der Waals surface area contributed by atoms with Crippen LogP contribution in [0.5, 0.6) is 5.75 Å². The molecule has 1 aliphatic heterocycles. The first-order chi connectivity index (χ1) is 12.1. The molecule has 3 nitrogen and oxygen atoms in total. The molecule has 1 atom stereocenters. The number of ether oxygens (including phenoxy) is 1. The van der Waals surface area contributed by atoms with E-state index in [4.69, 9.17) is 4.74 Å². The van der Waals surface area contributed by atoms with Gasteiger partial charge in [-0.2, -0.15) is 0 Å². The highest BCUT2D eigenvalue weighted by atomic mass is 19.1. The van der Waals surface area contributed by atoms with Crippen molar-refractivity contribution in [2.45, 2.75) is 69.6 Å². The number of unbranched alkanes of at least 4 members (excludes halogenated alkanes) is 2. The van der Waals surface area contributed by atoms with Crippen LogP contribution in [0.25, 0.3) is 0 Å². The molecule has 2 bridgehead atoms. The normalized spacial score (nSPS) is 32.8. The summed E-state index contributed by atoms with van der Waals surface area (Å²) in [5.41, 5.74) is -0.417. The van der Waals surface area contributed by atoms with E-state index in [1.54, 1.807) is 0 Å². The van der Waals surface area contributed by atoms with E-state index in [-0.39, 0.29) is 12.0 Å². The van der Waals surface area contributed by atoms with Gasteiger partial charge in [0.15, 0.2) is 0 Å². The number of para-hydroxylation sites is 1. The topological polar surface area (TPSA) is 29.5 Å². The molecule has 4 heteroatoms. The van der Waals surface area contributed by atoms with Gasteiger partial charge in [-0.3, -0.25) is 4.79 Å². The second-order valence-corrected chi connectivity index (χ2v) is 8.42. The van der Waals surface area contributed by atoms with Crippen LogP contribution in [0.3, 0.4) is 0 Å². The maximum Gasteiger partial charge on any atom is 0.222 e. The fraction of sp³-hybridized carbons (Fsp3) is 0.667. The molecule has 1 saturated heterocycles. The number of alkyl halides is 1. The van der Waals surface area contributed by atoms with Gasteiger partial charge in [0.1, 0.15) is 17.5 Å². The summed E-state index contributed by atoms with van der Waals surface area (Å²) in [4.78, 5) is 14.3. The average molecular weight is 345 g/mol. The number of halogens is 1. The third kappa shape index (κ3) is 3.68. The molecule has 1 heterocycles. The van der Waals surface area contributed by atoms with Gasteiger partial charge in [-0.05, 0) is 49.7 Å². The number of amides is 1. The monoisotopic (exact) mass is 345 g/mol. The molecular formula is C21H28FNO2. The Morgan fingerprint density at radius 2 is 1.92 bits per heavy atom. The van der Waals surface area contributed by atoms with E-state index in [9.17, 15) is 9.18 Å². The van der Waals surface area contributed by atoms with E-state index in [1.165, 1.54) is 0 Å². The lowest BCUT2D eigenvalue weighted by molar-refractivity contribution is -0.217. The molecule has 0 spiro atoms. The van der Waals surface area contributed by atoms with E-state index in [2.05, 4.69) is 0 Å². The van der Waals surface area contributed by atoms with E-state index >= 15 is 0 Å². The maximum absolute atomic E-state index is 13.5. The van der Waals surface area contributed by atoms with E-state index in [1.807, 2.05) is 35.2 Å². The van der Waals surface area contributed by atoms with Crippen LogP contribution >= 0.6 is 0 Å². The number of hydrogen-bond donors (Lipinski definition) is 0. The van der Waals surface area contributed by atoms with Crippen LogP contribution < -0.4 is 4.74 Å². The van der Waals surface area contributed by atoms with Crippen molar-refractivity contribution in [3.63, 3.8) is 0 Å². The summed E-state index contributed by atoms with van der Waals surface area (Å²) in [5.74, 6) is 1.14. The van der Waals surface area contributed by atoms with Crippen LogP contribution in [0.1, 0.15) is 57.8 Å². The van der Waals surface area contributed by atoms with Gasteiger partial charge in [0.05, 0.1) is 6.54 Å². The van der Waals surface area contributed by atoms with Gasteiger partial charge >= 0.3 is 0 Å². The van der Waals surface area contributed by atoms with Crippen LogP contribution in [-0.4, -0.2) is 35.7 Å². The summed E-state index contributed by atoms with van der Waals surface area (Å²) in [7, 11) is 0. The lowest BCUT2D eigenvalue weighted by Crippen LogP contribution is -2.64. The summed E-state index contributed by atoms with van der Waals surface area (Å²) in [5, 5.41) is 0. The smallest absolute Gasteiger partial charge is 0.222 e. The standard InChI is InChI=1S/C21H28FNO2/c22-21-14-20(15-21,16-21)11-6-2-5-9-19(24)23-12-10-18(13-23)25-17-7-3-1-4-8-17/h1,3-4,7-8,18H,2,5-6,9-16H2. The van der Waals surface area contributed by atoms with Crippen LogP contribution in [0.4, 0.5) is 4.39 Å². The third-order valence-electron chi connectivity index (χ3n) is 6.22. The van der Waals surface area contributed by atoms with Crippen molar-refractivity contribution in [1.82, 2.24) is 4.90 Å². The zero-order valence-electron chi connectivity index (χ0n) is 14.9. The molecule has 1 aromatic carbocycles. The van der Waals surface area contributed by atoms with Crippen molar-refractivity contribution in [2.24, 2.45) is 5.41 Å². The van der Waals surface area contributed by atoms with Crippen molar-refractivity contribution in [3.8, 4) is 5.75 Å². The number of carbonyl (C=O) groups is 1. The second kappa shape index (κ2) is 6.62. The molecule has 1 amide bonds. The molecule has 3 saturated carbocycles. The quantitative estimate of drug-likeness (QED) is 0.649. The largest absolute Gasteiger partial charge is 0.489 e. The van der Waals surface area contributed by atoms with Gasteiger partial charge in [-0.25, -0.2) is 4.39 Å². The summed E-state index contributed by atoms with van der Waals surface area (Å²) in [6, 6.07) is 9.82. The zero-order valence-corrected chi connectivity index (χ0v) is 14.9. The first-order valence-corrected chi connectivity index (χ1v) is 9.74. The summed E-state index contributed by atoms with van der Waals surface area (Å²) in [6.45, 7) is 1.51. The highest BCUT2D eigenvalue weighted by Gasteiger charge is 2.68. The maximum atomic E-state index is 13.5. The Hall–Kier alpha value is -1.58. The second-order valence-electron chi connectivity index (χ2n) is 8.42. The predicted molar refractivity (Wildman–Crippen MR) is 95.3 cm³/mol. The average Bonchev–Trinajstić information content (AvgIpc) is 3.01. The molecule has 0 N–H and O–H groups in total. The fourth-order valence-electron chi connectivity index (χ4n) is 4.98. The Balaban J connectivity index is 1.10.